The summed E-state index contributed by atoms with van der Waals surface area (Å²) in [7, 11) is -5.78. The van der Waals surface area contributed by atoms with Gasteiger partial charge in [0.2, 0.25) is 0 Å². The predicted octanol–water partition coefficient (Wildman–Crippen LogP) is 3.46. The summed E-state index contributed by atoms with van der Waals surface area (Å²) in [5.41, 5.74) is -5.75. The summed E-state index contributed by atoms with van der Waals surface area (Å²) in [6, 6.07) is 3.69. The first-order valence-electron chi connectivity index (χ1n) is 6.28. The number of rotatable bonds is 4. The number of benzene rings is 1. The third-order valence-corrected chi connectivity index (χ3v) is 4.30. The lowest BCUT2D eigenvalue weighted by atomic mass is 10.1. The number of hydrogen-bond donors (Lipinski definition) is 0. The SMILES string of the molecule is O=[N+]([O-])c1cc(C2C=C(OS(=O)(=O)C(F)(F)F)CCO2)ccc1Cl. The Hall–Kier alpha value is -1.85. The molecule has 1 aliphatic heterocycles. The van der Waals surface area contributed by atoms with Crippen LogP contribution in [0.4, 0.5) is 18.9 Å². The molecule has 12 heteroatoms. The lowest BCUT2D eigenvalue weighted by Crippen LogP contribution is -2.26. The average molecular weight is 388 g/mol. The minimum atomic E-state index is -5.78. The van der Waals surface area contributed by atoms with Gasteiger partial charge in [-0.2, -0.15) is 21.6 Å². The van der Waals surface area contributed by atoms with E-state index in [9.17, 15) is 31.7 Å². The molecule has 0 saturated carbocycles. The van der Waals surface area contributed by atoms with Crippen LogP contribution in [0.5, 0.6) is 0 Å². The van der Waals surface area contributed by atoms with Gasteiger partial charge in [0.05, 0.1) is 11.5 Å². The fourth-order valence-corrected chi connectivity index (χ4v) is 2.59. The molecule has 0 radical (unpaired) electrons. The lowest BCUT2D eigenvalue weighted by molar-refractivity contribution is -0.384. The van der Waals surface area contributed by atoms with E-state index in [4.69, 9.17) is 16.3 Å². The van der Waals surface area contributed by atoms with Gasteiger partial charge in [-0.1, -0.05) is 17.7 Å². The summed E-state index contributed by atoms with van der Waals surface area (Å²) in [6.07, 6.45) is -0.186. The summed E-state index contributed by atoms with van der Waals surface area (Å²) in [4.78, 5) is 10.1. The minimum Gasteiger partial charge on any atom is -0.381 e. The van der Waals surface area contributed by atoms with E-state index in [1.54, 1.807) is 0 Å². The first-order chi connectivity index (χ1) is 11.0. The molecule has 132 valence electrons. The molecule has 1 heterocycles. The van der Waals surface area contributed by atoms with E-state index in [1.165, 1.54) is 12.1 Å². The van der Waals surface area contributed by atoms with E-state index in [0.29, 0.717) is 0 Å². The maximum Gasteiger partial charge on any atom is 0.534 e. The first-order valence-corrected chi connectivity index (χ1v) is 8.07. The molecule has 0 N–H and O–H groups in total. The van der Waals surface area contributed by atoms with Gasteiger partial charge in [-0.3, -0.25) is 10.1 Å². The van der Waals surface area contributed by atoms with Crippen molar-refractivity contribution in [1.82, 2.24) is 0 Å². The Kier molecular flexibility index (Phi) is 5.06. The molecule has 0 spiro atoms. The standard InChI is InChI=1S/C12H9ClF3NO6S/c13-9-2-1-7(5-10(9)17(18)19)11-6-8(3-4-22-11)23-24(20,21)12(14,15)16/h1-2,5-6,11H,3-4H2. The van der Waals surface area contributed by atoms with Gasteiger partial charge in [0.15, 0.2) is 0 Å². The summed E-state index contributed by atoms with van der Waals surface area (Å²) in [6.45, 7) is -0.125. The maximum absolute atomic E-state index is 12.3. The van der Waals surface area contributed by atoms with Crippen LogP contribution in [0.1, 0.15) is 18.1 Å². The zero-order chi connectivity index (χ0) is 18.1. The van der Waals surface area contributed by atoms with E-state index in [-0.39, 0.29) is 23.6 Å². The molecule has 1 unspecified atom stereocenters. The molecule has 0 saturated heterocycles. The quantitative estimate of drug-likeness (QED) is 0.340. The Morgan fingerprint density at radius 2 is 2.04 bits per heavy atom. The van der Waals surface area contributed by atoms with Crippen molar-refractivity contribution < 1.29 is 35.4 Å². The van der Waals surface area contributed by atoms with Crippen LogP contribution >= 0.6 is 11.6 Å². The summed E-state index contributed by atoms with van der Waals surface area (Å²) >= 11 is 5.67. The summed E-state index contributed by atoms with van der Waals surface area (Å²) in [5, 5.41) is 10.7. The number of ether oxygens (including phenoxy) is 1. The van der Waals surface area contributed by atoms with Gasteiger partial charge in [-0.25, -0.2) is 0 Å². The highest BCUT2D eigenvalue weighted by Crippen LogP contribution is 2.34. The summed E-state index contributed by atoms with van der Waals surface area (Å²) in [5.74, 6) is -0.457. The molecule has 24 heavy (non-hydrogen) atoms. The Morgan fingerprint density at radius 1 is 1.38 bits per heavy atom. The molecular formula is C12H9ClF3NO6S. The molecule has 7 nitrogen and oxygen atoms in total. The van der Waals surface area contributed by atoms with Gasteiger partial charge in [0, 0.05) is 12.5 Å². The number of nitrogens with zero attached hydrogens (tertiary/aromatic N) is 1. The smallest absolute Gasteiger partial charge is 0.381 e. The van der Waals surface area contributed by atoms with Crippen LogP contribution < -0.4 is 0 Å². The second-order valence-corrected chi connectivity index (χ2v) is 6.57. The molecular weight excluding hydrogens is 379 g/mol. The third kappa shape index (κ3) is 3.97. The predicted molar refractivity (Wildman–Crippen MR) is 75.6 cm³/mol. The molecule has 0 bridgehead atoms. The van der Waals surface area contributed by atoms with Gasteiger partial charge in [-0.05, 0) is 17.7 Å². The molecule has 1 aromatic carbocycles. The highest BCUT2D eigenvalue weighted by atomic mass is 35.5. The van der Waals surface area contributed by atoms with Crippen molar-refractivity contribution in [2.24, 2.45) is 0 Å². The summed E-state index contributed by atoms with van der Waals surface area (Å²) < 4.78 is 68.4. The molecule has 2 rings (SSSR count). The van der Waals surface area contributed by atoms with E-state index < -0.39 is 38.1 Å². The van der Waals surface area contributed by atoms with Crippen molar-refractivity contribution >= 4 is 27.4 Å². The monoisotopic (exact) mass is 387 g/mol. The van der Waals surface area contributed by atoms with Gasteiger partial charge in [0.25, 0.3) is 5.69 Å². The largest absolute Gasteiger partial charge is 0.534 e. The molecule has 0 fully saturated rings. The highest BCUT2D eigenvalue weighted by Gasteiger charge is 2.49. The van der Waals surface area contributed by atoms with Crippen LogP contribution in [0, 0.1) is 10.1 Å². The molecule has 0 amide bonds. The van der Waals surface area contributed by atoms with Crippen molar-refractivity contribution in [2.75, 3.05) is 6.61 Å². The van der Waals surface area contributed by atoms with Crippen LogP contribution in [-0.4, -0.2) is 25.5 Å². The topological polar surface area (TPSA) is 95.7 Å². The second kappa shape index (κ2) is 6.57. The average Bonchev–Trinajstić information content (AvgIpc) is 2.46. The van der Waals surface area contributed by atoms with Gasteiger partial charge in [0.1, 0.15) is 16.9 Å². The minimum absolute atomic E-state index is 0.125. The van der Waals surface area contributed by atoms with Crippen molar-refractivity contribution in [3.63, 3.8) is 0 Å². The van der Waals surface area contributed by atoms with Gasteiger partial charge in [-0.15, -0.1) is 0 Å². The molecule has 1 aromatic rings. The Morgan fingerprint density at radius 3 is 2.62 bits per heavy atom. The normalized spacial score (nSPS) is 18.8. The molecule has 0 aliphatic carbocycles. The number of nitro benzene ring substituents is 1. The highest BCUT2D eigenvalue weighted by molar-refractivity contribution is 7.87. The van der Waals surface area contributed by atoms with Crippen molar-refractivity contribution in [3.05, 3.63) is 50.7 Å². The van der Waals surface area contributed by atoms with Crippen LogP contribution in [0.15, 0.2) is 30.0 Å². The number of halogens is 4. The van der Waals surface area contributed by atoms with Gasteiger partial charge < -0.3 is 8.92 Å². The third-order valence-electron chi connectivity index (χ3n) is 2.98. The van der Waals surface area contributed by atoms with E-state index >= 15 is 0 Å². The lowest BCUT2D eigenvalue weighted by Gasteiger charge is -2.22. The number of nitro groups is 1. The molecule has 1 atom stereocenters. The molecule has 1 aliphatic rings. The molecule has 0 aromatic heterocycles. The van der Waals surface area contributed by atoms with Crippen molar-refractivity contribution in [2.45, 2.75) is 18.0 Å². The Bertz CT molecular complexity index is 792. The Balaban J connectivity index is 2.30. The zero-order valence-electron chi connectivity index (χ0n) is 11.6. The van der Waals surface area contributed by atoms with Gasteiger partial charge >= 0.3 is 15.6 Å². The fourth-order valence-electron chi connectivity index (χ4n) is 1.88. The van der Waals surface area contributed by atoms with Crippen molar-refractivity contribution in [3.8, 4) is 0 Å². The van der Waals surface area contributed by atoms with Crippen LogP contribution in [0.25, 0.3) is 0 Å². The van der Waals surface area contributed by atoms with E-state index in [2.05, 4.69) is 4.18 Å². The van der Waals surface area contributed by atoms with Crippen molar-refractivity contribution in [1.29, 1.82) is 0 Å². The van der Waals surface area contributed by atoms with E-state index in [1.807, 2.05) is 0 Å². The second-order valence-electron chi connectivity index (χ2n) is 4.63. The Labute approximate surface area is 138 Å². The van der Waals surface area contributed by atoms with E-state index in [0.717, 1.165) is 12.1 Å². The maximum atomic E-state index is 12.3. The first kappa shape index (κ1) is 18.5. The van der Waals surface area contributed by atoms with Crippen LogP contribution in [0.2, 0.25) is 5.02 Å². The van der Waals surface area contributed by atoms with Crippen LogP contribution in [-0.2, 0) is 19.0 Å². The number of hydrogen-bond acceptors (Lipinski definition) is 6. The fraction of sp³-hybridized carbons (Fsp3) is 0.333. The number of alkyl halides is 3. The van der Waals surface area contributed by atoms with Crippen LogP contribution in [0.3, 0.4) is 0 Å². The zero-order valence-corrected chi connectivity index (χ0v) is 13.2.